The van der Waals surface area contributed by atoms with Gasteiger partial charge in [-0.05, 0) is 48.9 Å². The number of carbonyl (C=O) groups excluding carboxylic acids is 1. The van der Waals surface area contributed by atoms with Gasteiger partial charge in [0, 0.05) is 25.3 Å². The van der Waals surface area contributed by atoms with Crippen LogP contribution in [0.3, 0.4) is 0 Å². The fourth-order valence-electron chi connectivity index (χ4n) is 3.61. The third kappa shape index (κ3) is 3.37. The number of aryl methyl sites for hydroxylation is 1. The van der Waals surface area contributed by atoms with Gasteiger partial charge in [0.15, 0.2) is 9.84 Å². The van der Waals surface area contributed by atoms with E-state index < -0.39 is 15.1 Å². The molecule has 6 heteroatoms. The molecule has 1 heterocycles. The molecule has 2 aliphatic rings. The molecule has 3 rings (SSSR count). The van der Waals surface area contributed by atoms with Gasteiger partial charge in [0.1, 0.15) is 5.75 Å². The molecule has 126 valence electrons. The highest BCUT2D eigenvalue weighted by atomic mass is 32.2. The third-order valence-electron chi connectivity index (χ3n) is 5.05. The molecule has 1 aromatic carbocycles. The van der Waals surface area contributed by atoms with Gasteiger partial charge in [0.2, 0.25) is 5.91 Å². The monoisotopic (exact) mass is 337 g/mol. The largest absolute Gasteiger partial charge is 0.497 e. The van der Waals surface area contributed by atoms with Crippen molar-refractivity contribution in [3.8, 4) is 5.75 Å². The first kappa shape index (κ1) is 16.3. The Bertz CT molecular complexity index is 713. The number of likely N-dealkylation sites (tertiary alicyclic amines) is 1. The van der Waals surface area contributed by atoms with Crippen molar-refractivity contribution in [2.24, 2.45) is 5.92 Å². The SMILES string of the molecule is COc1ccc2c(c1)CCC(C(=O)N1CCC(S(C)(=O)=O)C1)C2. The Morgan fingerprint density at radius 3 is 2.70 bits per heavy atom. The van der Waals surface area contributed by atoms with Crippen LogP contribution in [0.1, 0.15) is 24.0 Å². The van der Waals surface area contributed by atoms with Crippen molar-refractivity contribution in [1.29, 1.82) is 0 Å². The van der Waals surface area contributed by atoms with Crippen molar-refractivity contribution >= 4 is 15.7 Å². The Balaban J connectivity index is 1.68. The normalized spacial score (nSPS) is 24.3. The van der Waals surface area contributed by atoms with Crippen LogP contribution in [0.4, 0.5) is 0 Å². The first-order valence-electron chi connectivity index (χ1n) is 8.02. The van der Waals surface area contributed by atoms with E-state index in [1.807, 2.05) is 18.2 Å². The molecule has 1 amide bonds. The molecule has 0 N–H and O–H groups in total. The minimum absolute atomic E-state index is 0.0331. The van der Waals surface area contributed by atoms with Crippen LogP contribution in [0.15, 0.2) is 18.2 Å². The quantitative estimate of drug-likeness (QED) is 0.837. The molecule has 0 spiro atoms. The third-order valence-corrected chi connectivity index (χ3v) is 6.65. The molecule has 1 aliphatic heterocycles. The highest BCUT2D eigenvalue weighted by Crippen LogP contribution is 2.30. The highest BCUT2D eigenvalue weighted by molar-refractivity contribution is 7.91. The van der Waals surface area contributed by atoms with Gasteiger partial charge in [-0.15, -0.1) is 0 Å². The maximum absolute atomic E-state index is 12.7. The molecule has 1 fully saturated rings. The van der Waals surface area contributed by atoms with E-state index in [0.29, 0.717) is 19.5 Å². The van der Waals surface area contributed by atoms with Crippen LogP contribution in [0.5, 0.6) is 5.75 Å². The average Bonchev–Trinajstić information content (AvgIpc) is 3.03. The van der Waals surface area contributed by atoms with Crippen LogP contribution >= 0.6 is 0 Å². The van der Waals surface area contributed by atoms with E-state index in [-0.39, 0.29) is 11.8 Å². The van der Waals surface area contributed by atoms with Gasteiger partial charge in [-0.25, -0.2) is 8.42 Å². The Morgan fingerprint density at radius 2 is 2.04 bits per heavy atom. The van der Waals surface area contributed by atoms with Crippen molar-refractivity contribution < 1.29 is 17.9 Å². The number of sulfone groups is 1. The van der Waals surface area contributed by atoms with Crippen LogP contribution in [0.2, 0.25) is 0 Å². The van der Waals surface area contributed by atoms with Crippen molar-refractivity contribution in [1.82, 2.24) is 4.90 Å². The fourth-order valence-corrected chi connectivity index (χ4v) is 4.59. The molecule has 5 nitrogen and oxygen atoms in total. The second-order valence-corrected chi connectivity index (χ2v) is 8.92. The smallest absolute Gasteiger partial charge is 0.226 e. The summed E-state index contributed by atoms with van der Waals surface area (Å²) < 4.78 is 28.6. The summed E-state index contributed by atoms with van der Waals surface area (Å²) in [6.45, 7) is 0.909. The number of hydrogen-bond acceptors (Lipinski definition) is 4. The Kier molecular flexibility index (Phi) is 4.36. The molecule has 0 radical (unpaired) electrons. The van der Waals surface area contributed by atoms with E-state index in [1.165, 1.54) is 17.4 Å². The van der Waals surface area contributed by atoms with E-state index in [1.54, 1.807) is 12.0 Å². The lowest BCUT2D eigenvalue weighted by molar-refractivity contribution is -0.134. The minimum Gasteiger partial charge on any atom is -0.497 e. The Morgan fingerprint density at radius 1 is 1.26 bits per heavy atom. The predicted molar refractivity (Wildman–Crippen MR) is 88.3 cm³/mol. The molecule has 2 atom stereocenters. The van der Waals surface area contributed by atoms with Gasteiger partial charge in [-0.3, -0.25) is 4.79 Å². The number of hydrogen-bond donors (Lipinski definition) is 0. The summed E-state index contributed by atoms with van der Waals surface area (Å²) in [4.78, 5) is 14.5. The molecular weight excluding hydrogens is 314 g/mol. The van der Waals surface area contributed by atoms with E-state index >= 15 is 0 Å². The van der Waals surface area contributed by atoms with Gasteiger partial charge >= 0.3 is 0 Å². The average molecular weight is 337 g/mol. The molecule has 0 bridgehead atoms. The maximum Gasteiger partial charge on any atom is 0.226 e. The van der Waals surface area contributed by atoms with Crippen molar-refractivity contribution in [3.05, 3.63) is 29.3 Å². The Labute approximate surface area is 137 Å². The number of benzene rings is 1. The zero-order chi connectivity index (χ0) is 16.6. The molecule has 0 aromatic heterocycles. The number of carbonyl (C=O) groups is 1. The van der Waals surface area contributed by atoms with Crippen LogP contribution in [0, 0.1) is 5.92 Å². The standard InChI is InChI=1S/C17H23NO4S/c1-22-15-6-5-12-9-14(4-3-13(12)10-15)17(19)18-8-7-16(11-18)23(2,20)21/h5-6,10,14,16H,3-4,7-9,11H2,1-2H3. The maximum atomic E-state index is 12.7. The number of rotatable bonds is 3. The summed E-state index contributed by atoms with van der Waals surface area (Å²) in [5.41, 5.74) is 2.46. The molecular formula is C17H23NO4S. The van der Waals surface area contributed by atoms with Gasteiger partial charge < -0.3 is 9.64 Å². The second kappa shape index (κ2) is 6.15. The Hall–Kier alpha value is -1.56. The summed E-state index contributed by atoms with van der Waals surface area (Å²) in [5, 5.41) is -0.397. The number of methoxy groups -OCH3 is 1. The number of amides is 1. The van der Waals surface area contributed by atoms with Crippen molar-refractivity contribution in [2.75, 3.05) is 26.5 Å². The molecule has 1 aliphatic carbocycles. The number of nitrogens with zero attached hydrogens (tertiary/aromatic N) is 1. The summed E-state index contributed by atoms with van der Waals surface area (Å²) in [5.74, 6) is 0.927. The summed E-state index contributed by atoms with van der Waals surface area (Å²) in [6, 6.07) is 6.02. The summed E-state index contributed by atoms with van der Waals surface area (Å²) >= 11 is 0. The van der Waals surface area contributed by atoms with Gasteiger partial charge in [-0.2, -0.15) is 0 Å². The van der Waals surface area contributed by atoms with Crippen molar-refractivity contribution in [3.63, 3.8) is 0 Å². The lowest BCUT2D eigenvalue weighted by Gasteiger charge is -2.28. The topological polar surface area (TPSA) is 63.7 Å². The van der Waals surface area contributed by atoms with E-state index in [2.05, 4.69) is 0 Å². The van der Waals surface area contributed by atoms with E-state index in [9.17, 15) is 13.2 Å². The molecule has 0 saturated carbocycles. The lowest BCUT2D eigenvalue weighted by atomic mass is 9.83. The lowest BCUT2D eigenvalue weighted by Crippen LogP contribution is -2.38. The van der Waals surface area contributed by atoms with Crippen LogP contribution in [0.25, 0.3) is 0 Å². The van der Waals surface area contributed by atoms with Gasteiger partial charge in [0.05, 0.1) is 12.4 Å². The van der Waals surface area contributed by atoms with Gasteiger partial charge in [0.25, 0.3) is 0 Å². The number of ether oxygens (including phenoxy) is 1. The van der Waals surface area contributed by atoms with E-state index in [0.717, 1.165) is 25.0 Å². The van der Waals surface area contributed by atoms with Crippen LogP contribution in [-0.2, 0) is 27.5 Å². The fraction of sp³-hybridized carbons (Fsp3) is 0.588. The highest BCUT2D eigenvalue weighted by Gasteiger charge is 2.36. The van der Waals surface area contributed by atoms with Crippen LogP contribution in [-0.4, -0.2) is 50.9 Å². The molecule has 1 aromatic rings. The zero-order valence-electron chi connectivity index (χ0n) is 13.6. The molecule has 23 heavy (non-hydrogen) atoms. The predicted octanol–water partition coefficient (Wildman–Crippen LogP) is 1.45. The second-order valence-electron chi connectivity index (χ2n) is 6.60. The minimum atomic E-state index is -3.06. The van der Waals surface area contributed by atoms with E-state index in [4.69, 9.17) is 4.74 Å². The number of fused-ring (bicyclic) bond motifs is 1. The first-order chi connectivity index (χ1) is 10.9. The zero-order valence-corrected chi connectivity index (χ0v) is 14.4. The van der Waals surface area contributed by atoms with Crippen molar-refractivity contribution in [2.45, 2.75) is 30.9 Å². The van der Waals surface area contributed by atoms with Crippen LogP contribution < -0.4 is 4.74 Å². The molecule has 1 saturated heterocycles. The molecule has 2 unspecified atom stereocenters. The summed E-state index contributed by atoms with van der Waals surface area (Å²) in [6.07, 6.45) is 4.24. The van der Waals surface area contributed by atoms with Gasteiger partial charge in [-0.1, -0.05) is 6.07 Å². The first-order valence-corrected chi connectivity index (χ1v) is 9.97. The summed E-state index contributed by atoms with van der Waals surface area (Å²) in [7, 11) is -1.41.